The number of carbonyl (C=O) groups is 1. The summed E-state index contributed by atoms with van der Waals surface area (Å²) in [5, 5.41) is 9.53. The third kappa shape index (κ3) is 1.64. The minimum atomic E-state index is -0.143. The summed E-state index contributed by atoms with van der Waals surface area (Å²) in [6, 6.07) is 1.77. The number of carbonyl (C=O) groups excluding carboxylic acids is 1. The van der Waals surface area contributed by atoms with Gasteiger partial charge in [-0.3, -0.25) is 4.79 Å². The molecule has 2 heterocycles. The topological polar surface area (TPSA) is 53.4 Å². The maximum absolute atomic E-state index is 12.1. The lowest BCUT2D eigenvalue weighted by atomic mass is 10.0. The quantitative estimate of drug-likeness (QED) is 0.793. The molecule has 3 atom stereocenters. The van der Waals surface area contributed by atoms with Gasteiger partial charge in [0.05, 0.1) is 6.10 Å². The van der Waals surface area contributed by atoms with Gasteiger partial charge in [0, 0.05) is 19.3 Å². The average molecular weight is 238 g/mol. The number of fused-ring (bicyclic) bond motifs is 1. The minimum absolute atomic E-state index is 0.103. The van der Waals surface area contributed by atoms with E-state index >= 15 is 0 Å². The fraction of sp³-hybridized carbons (Fsp3) is 0.636. The molecule has 2 aliphatic rings. The molecule has 2 fully saturated rings. The first kappa shape index (κ1) is 10.2. The Bertz CT molecular complexity index is 379. The van der Waals surface area contributed by atoms with Gasteiger partial charge in [0.2, 0.25) is 0 Å². The van der Waals surface area contributed by atoms with E-state index in [0.717, 1.165) is 30.8 Å². The molecule has 1 aromatic rings. The van der Waals surface area contributed by atoms with Crippen LogP contribution in [0.15, 0.2) is 12.3 Å². The van der Waals surface area contributed by atoms with Gasteiger partial charge in [-0.15, -0.1) is 0 Å². The van der Waals surface area contributed by atoms with Gasteiger partial charge in [-0.25, -0.2) is 4.37 Å². The number of rotatable bonds is 1. The summed E-state index contributed by atoms with van der Waals surface area (Å²) in [6.07, 6.45) is 3.24. The van der Waals surface area contributed by atoms with Crippen molar-refractivity contribution in [2.45, 2.75) is 18.9 Å². The van der Waals surface area contributed by atoms with Gasteiger partial charge in [-0.2, -0.15) is 0 Å². The van der Waals surface area contributed by atoms with Crippen LogP contribution in [0.1, 0.15) is 22.5 Å². The van der Waals surface area contributed by atoms with Crippen molar-refractivity contribution in [2.75, 3.05) is 13.1 Å². The molecule has 0 aromatic carbocycles. The number of aliphatic hydroxyl groups is 1. The highest BCUT2D eigenvalue weighted by Gasteiger charge is 2.42. The van der Waals surface area contributed by atoms with Crippen LogP contribution in [-0.2, 0) is 0 Å². The lowest BCUT2D eigenvalue weighted by Gasteiger charge is -2.16. The maximum atomic E-state index is 12.1. The van der Waals surface area contributed by atoms with Crippen LogP contribution in [-0.4, -0.2) is 39.5 Å². The first-order chi connectivity index (χ1) is 7.74. The van der Waals surface area contributed by atoms with E-state index in [9.17, 15) is 9.90 Å². The van der Waals surface area contributed by atoms with Crippen LogP contribution in [0.4, 0.5) is 0 Å². The average Bonchev–Trinajstić information content (AvgIpc) is 2.89. The molecule has 16 heavy (non-hydrogen) atoms. The zero-order valence-electron chi connectivity index (χ0n) is 8.87. The summed E-state index contributed by atoms with van der Waals surface area (Å²) >= 11 is 1.26. The van der Waals surface area contributed by atoms with E-state index in [0.29, 0.717) is 11.8 Å². The molecule has 5 heteroatoms. The van der Waals surface area contributed by atoms with Gasteiger partial charge in [0.1, 0.15) is 4.88 Å². The van der Waals surface area contributed by atoms with Crippen molar-refractivity contribution >= 4 is 17.4 Å². The molecule has 1 N–H and O–H groups in total. The lowest BCUT2D eigenvalue weighted by Crippen LogP contribution is -2.29. The molecule has 1 aliphatic heterocycles. The maximum Gasteiger partial charge on any atom is 0.265 e. The first-order valence-electron chi connectivity index (χ1n) is 5.62. The molecule has 3 rings (SSSR count). The second-order valence-corrected chi connectivity index (χ2v) is 5.57. The standard InChI is InChI=1S/C11H14N2O2S/c14-9-3-7-5-13(6-8(7)4-9)11(15)10-1-2-12-16-10/h1-2,7-9,14H,3-6H2/t7-,8+,9?. The highest BCUT2D eigenvalue weighted by Crippen LogP contribution is 2.38. The van der Waals surface area contributed by atoms with Gasteiger partial charge < -0.3 is 10.0 Å². The van der Waals surface area contributed by atoms with E-state index < -0.39 is 0 Å². The van der Waals surface area contributed by atoms with Crippen molar-refractivity contribution in [1.82, 2.24) is 9.27 Å². The third-order valence-electron chi connectivity index (χ3n) is 3.66. The number of hydrogen-bond acceptors (Lipinski definition) is 4. The van der Waals surface area contributed by atoms with E-state index in [1.54, 1.807) is 12.3 Å². The van der Waals surface area contributed by atoms with E-state index in [-0.39, 0.29) is 12.0 Å². The Kier molecular flexibility index (Phi) is 2.44. The zero-order chi connectivity index (χ0) is 11.1. The molecule has 1 saturated heterocycles. The molecule has 0 radical (unpaired) electrons. The first-order valence-corrected chi connectivity index (χ1v) is 6.39. The van der Waals surface area contributed by atoms with Crippen LogP contribution in [0, 0.1) is 11.8 Å². The van der Waals surface area contributed by atoms with Crippen molar-refractivity contribution < 1.29 is 9.90 Å². The largest absolute Gasteiger partial charge is 0.393 e. The van der Waals surface area contributed by atoms with Crippen LogP contribution in [0.2, 0.25) is 0 Å². The van der Waals surface area contributed by atoms with E-state index in [1.807, 2.05) is 4.90 Å². The molecular formula is C11H14N2O2S. The van der Waals surface area contributed by atoms with Crippen LogP contribution in [0.25, 0.3) is 0 Å². The highest BCUT2D eigenvalue weighted by molar-refractivity contribution is 7.08. The fourth-order valence-corrected chi connectivity index (χ4v) is 3.48. The fourth-order valence-electron chi connectivity index (χ4n) is 2.92. The number of aliphatic hydroxyl groups excluding tert-OH is 1. The second-order valence-electron chi connectivity index (χ2n) is 4.73. The smallest absolute Gasteiger partial charge is 0.265 e. The molecule has 1 saturated carbocycles. The van der Waals surface area contributed by atoms with Crippen molar-refractivity contribution in [3.05, 3.63) is 17.1 Å². The number of nitrogens with zero attached hydrogens (tertiary/aromatic N) is 2. The Balaban J connectivity index is 1.69. The van der Waals surface area contributed by atoms with Crippen molar-refractivity contribution in [3.8, 4) is 0 Å². The van der Waals surface area contributed by atoms with Gasteiger partial charge >= 0.3 is 0 Å². The van der Waals surface area contributed by atoms with E-state index in [1.165, 1.54) is 11.5 Å². The van der Waals surface area contributed by atoms with Crippen molar-refractivity contribution in [1.29, 1.82) is 0 Å². The zero-order valence-corrected chi connectivity index (χ0v) is 9.69. The van der Waals surface area contributed by atoms with Crippen molar-refractivity contribution in [2.24, 2.45) is 11.8 Å². The Hall–Kier alpha value is -0.940. The molecule has 0 spiro atoms. The van der Waals surface area contributed by atoms with Gasteiger partial charge in [-0.05, 0) is 42.3 Å². The van der Waals surface area contributed by atoms with Gasteiger partial charge in [-0.1, -0.05) is 0 Å². The third-order valence-corrected chi connectivity index (χ3v) is 4.40. The predicted molar refractivity (Wildman–Crippen MR) is 60.2 cm³/mol. The van der Waals surface area contributed by atoms with E-state index in [2.05, 4.69) is 4.37 Å². The Labute approximate surface area is 98.1 Å². The number of aromatic nitrogens is 1. The molecule has 0 bridgehead atoms. The molecule has 86 valence electrons. The molecule has 1 unspecified atom stereocenters. The summed E-state index contributed by atoms with van der Waals surface area (Å²) in [5.74, 6) is 1.12. The summed E-state index contributed by atoms with van der Waals surface area (Å²) in [6.45, 7) is 1.61. The monoisotopic (exact) mass is 238 g/mol. The van der Waals surface area contributed by atoms with E-state index in [4.69, 9.17) is 0 Å². The van der Waals surface area contributed by atoms with Crippen molar-refractivity contribution in [3.63, 3.8) is 0 Å². The number of hydrogen-bond donors (Lipinski definition) is 1. The SMILES string of the molecule is O=C(c1ccns1)N1C[C@H]2CC(O)C[C@H]2C1. The predicted octanol–water partition coefficient (Wildman–Crippen LogP) is 0.986. The summed E-state index contributed by atoms with van der Waals surface area (Å²) in [4.78, 5) is 14.7. The second kappa shape index (κ2) is 3.82. The minimum Gasteiger partial charge on any atom is -0.393 e. The molecule has 1 amide bonds. The highest BCUT2D eigenvalue weighted by atomic mass is 32.1. The summed E-state index contributed by atoms with van der Waals surface area (Å²) in [7, 11) is 0. The summed E-state index contributed by atoms with van der Waals surface area (Å²) < 4.78 is 3.95. The number of likely N-dealkylation sites (tertiary alicyclic amines) is 1. The number of amides is 1. The van der Waals surface area contributed by atoms with Gasteiger partial charge in [0.15, 0.2) is 0 Å². The molecule has 1 aromatic heterocycles. The molecule has 4 nitrogen and oxygen atoms in total. The van der Waals surface area contributed by atoms with Gasteiger partial charge in [0.25, 0.3) is 5.91 Å². The molecule has 1 aliphatic carbocycles. The Morgan fingerprint density at radius 2 is 2.12 bits per heavy atom. The Morgan fingerprint density at radius 3 is 2.69 bits per heavy atom. The molecular weight excluding hydrogens is 224 g/mol. The normalized spacial score (nSPS) is 33.1. The van der Waals surface area contributed by atoms with Crippen LogP contribution in [0.5, 0.6) is 0 Å². The lowest BCUT2D eigenvalue weighted by molar-refractivity contribution is 0.0770. The summed E-state index contributed by atoms with van der Waals surface area (Å²) in [5.41, 5.74) is 0. The van der Waals surface area contributed by atoms with Crippen LogP contribution in [0.3, 0.4) is 0 Å². The van der Waals surface area contributed by atoms with Crippen LogP contribution < -0.4 is 0 Å². The van der Waals surface area contributed by atoms with Crippen LogP contribution >= 0.6 is 11.5 Å². The Morgan fingerprint density at radius 1 is 1.44 bits per heavy atom.